The molecule has 0 spiro atoms. The van der Waals surface area contributed by atoms with Gasteiger partial charge in [0.2, 0.25) is 0 Å². The molecule has 0 saturated heterocycles. The molecule has 5 rings (SSSR count). The van der Waals surface area contributed by atoms with E-state index in [1.807, 2.05) is 42.6 Å². The van der Waals surface area contributed by atoms with Gasteiger partial charge >= 0.3 is 0 Å². The van der Waals surface area contributed by atoms with Gasteiger partial charge in [-0.05, 0) is 50.6 Å². The summed E-state index contributed by atoms with van der Waals surface area (Å²) in [5.74, 6) is 1.28. The molecule has 0 aliphatic carbocycles. The molecule has 5 aromatic rings. The van der Waals surface area contributed by atoms with Gasteiger partial charge in [0.25, 0.3) is 0 Å². The van der Waals surface area contributed by atoms with Crippen LogP contribution in [0.2, 0.25) is 0 Å². The second-order valence-electron chi connectivity index (χ2n) is 9.55. The number of hydrogen-bond acceptors (Lipinski definition) is 10. The van der Waals surface area contributed by atoms with Crippen molar-refractivity contribution in [3.05, 3.63) is 77.9 Å². The number of rotatable bonds is 10. The lowest BCUT2D eigenvalue weighted by Crippen LogP contribution is -2.30. The third-order valence-electron chi connectivity index (χ3n) is 6.90. The fourth-order valence-electron chi connectivity index (χ4n) is 4.79. The molecular formula is C28H31N7O5S. The van der Waals surface area contributed by atoms with Crippen LogP contribution in [0.25, 0.3) is 22.9 Å². The van der Waals surface area contributed by atoms with Crippen LogP contribution in [0.4, 0.5) is 0 Å². The molecule has 0 amide bonds. The first kappa shape index (κ1) is 28.2. The molecule has 0 aliphatic heterocycles. The number of ether oxygens (including phenoxy) is 3. The molecule has 214 valence electrons. The molecule has 0 saturated carbocycles. The van der Waals surface area contributed by atoms with Gasteiger partial charge in [0, 0.05) is 25.7 Å². The van der Waals surface area contributed by atoms with Crippen LogP contribution in [0.15, 0.2) is 55.0 Å². The first-order valence-electron chi connectivity index (χ1n) is 12.8. The summed E-state index contributed by atoms with van der Waals surface area (Å²) in [6.45, 7) is 5.30. The van der Waals surface area contributed by atoms with E-state index < -0.39 is 26.9 Å². The number of para-hydroxylation sites is 1. The van der Waals surface area contributed by atoms with Crippen LogP contribution in [0.5, 0.6) is 11.5 Å². The number of imidazole rings is 1. The summed E-state index contributed by atoms with van der Waals surface area (Å²) in [5.41, 5.74) is 3.38. The van der Waals surface area contributed by atoms with Gasteiger partial charge in [-0.15, -0.1) is 10.2 Å². The fraction of sp³-hybridized carbons (Fsp3) is 0.321. The van der Waals surface area contributed by atoms with Gasteiger partial charge in [-0.25, -0.2) is 23.4 Å². The summed E-state index contributed by atoms with van der Waals surface area (Å²) in [5, 5.41) is 7.89. The zero-order valence-corrected chi connectivity index (χ0v) is 24.5. The zero-order valence-electron chi connectivity index (χ0n) is 23.6. The Hall–Kier alpha value is -4.36. The van der Waals surface area contributed by atoms with Crippen molar-refractivity contribution in [3.8, 4) is 28.7 Å². The first-order valence-corrected chi connectivity index (χ1v) is 14.5. The third kappa shape index (κ3) is 5.13. The van der Waals surface area contributed by atoms with E-state index in [4.69, 9.17) is 14.2 Å². The zero-order chi connectivity index (χ0) is 29.3. The second-order valence-corrected chi connectivity index (χ2v) is 11.9. The molecule has 13 heteroatoms. The molecule has 41 heavy (non-hydrogen) atoms. The highest BCUT2D eigenvalue weighted by Crippen LogP contribution is 2.38. The Kier molecular flexibility index (Phi) is 7.74. The van der Waals surface area contributed by atoms with E-state index in [0.717, 1.165) is 5.56 Å². The van der Waals surface area contributed by atoms with Gasteiger partial charge < -0.3 is 14.2 Å². The van der Waals surface area contributed by atoms with Crippen molar-refractivity contribution in [2.75, 3.05) is 21.3 Å². The van der Waals surface area contributed by atoms with Crippen molar-refractivity contribution in [2.45, 2.75) is 37.9 Å². The van der Waals surface area contributed by atoms with Crippen LogP contribution in [-0.2, 0) is 20.3 Å². The second kappa shape index (κ2) is 11.3. The predicted molar refractivity (Wildman–Crippen MR) is 152 cm³/mol. The highest BCUT2D eigenvalue weighted by Gasteiger charge is 2.35. The monoisotopic (exact) mass is 577 g/mol. The van der Waals surface area contributed by atoms with Gasteiger partial charge in [-0.1, -0.05) is 12.1 Å². The van der Waals surface area contributed by atoms with E-state index in [1.165, 1.54) is 21.3 Å². The Bertz CT molecular complexity index is 1780. The van der Waals surface area contributed by atoms with E-state index >= 15 is 0 Å². The summed E-state index contributed by atoms with van der Waals surface area (Å²) < 4.78 is 48.3. The quantitative estimate of drug-likeness (QED) is 0.242. The fourth-order valence-corrected chi connectivity index (χ4v) is 6.21. The van der Waals surface area contributed by atoms with Crippen molar-refractivity contribution in [2.24, 2.45) is 0 Å². The highest BCUT2D eigenvalue weighted by molar-refractivity contribution is 7.91. The highest BCUT2D eigenvalue weighted by atomic mass is 32.2. The largest absolute Gasteiger partial charge is 0.494 e. The van der Waals surface area contributed by atoms with Gasteiger partial charge in [0.1, 0.15) is 40.4 Å². The minimum absolute atomic E-state index is 0.166. The molecule has 1 aromatic carbocycles. The molecule has 0 N–H and O–H groups in total. The summed E-state index contributed by atoms with van der Waals surface area (Å²) >= 11 is 0. The van der Waals surface area contributed by atoms with Crippen LogP contribution in [0, 0.1) is 13.8 Å². The molecular weight excluding hydrogens is 546 g/mol. The van der Waals surface area contributed by atoms with Crippen LogP contribution in [0.1, 0.15) is 35.9 Å². The van der Waals surface area contributed by atoms with E-state index in [1.54, 1.807) is 42.1 Å². The number of fused-ring (bicyclic) bond motifs is 1. The maximum atomic E-state index is 13.9. The molecule has 12 nitrogen and oxygen atoms in total. The third-order valence-corrected chi connectivity index (χ3v) is 8.94. The number of nitrogens with zero attached hydrogens (tertiary/aromatic N) is 7. The molecule has 0 unspecified atom stereocenters. The van der Waals surface area contributed by atoms with E-state index in [0.29, 0.717) is 40.0 Å². The maximum Gasteiger partial charge on any atom is 0.187 e. The summed E-state index contributed by atoms with van der Waals surface area (Å²) in [7, 11) is 0.611. The number of benzene rings is 1. The number of aromatic nitrogens is 7. The van der Waals surface area contributed by atoms with Crippen LogP contribution in [0.3, 0.4) is 0 Å². The lowest BCUT2D eigenvalue weighted by molar-refractivity contribution is 0.0947. The maximum absolute atomic E-state index is 13.9. The van der Waals surface area contributed by atoms with Crippen molar-refractivity contribution in [3.63, 3.8) is 0 Å². The Balaban J connectivity index is 1.68. The molecule has 0 aliphatic rings. The van der Waals surface area contributed by atoms with Gasteiger partial charge in [-0.3, -0.25) is 8.97 Å². The summed E-state index contributed by atoms with van der Waals surface area (Å²) in [6, 6.07) is 11.0. The van der Waals surface area contributed by atoms with Gasteiger partial charge in [-0.2, -0.15) is 0 Å². The number of pyridine rings is 1. The Morgan fingerprint density at radius 2 is 1.61 bits per heavy atom. The minimum Gasteiger partial charge on any atom is -0.494 e. The predicted octanol–water partition coefficient (Wildman–Crippen LogP) is 3.70. The Morgan fingerprint density at radius 3 is 2.24 bits per heavy atom. The molecule has 0 radical (unpaired) electrons. The smallest absolute Gasteiger partial charge is 0.187 e. The molecule has 0 bridgehead atoms. The van der Waals surface area contributed by atoms with Crippen LogP contribution >= 0.6 is 0 Å². The van der Waals surface area contributed by atoms with Crippen LogP contribution < -0.4 is 9.47 Å². The number of aryl methyl sites for hydroxylation is 2. The number of hydrogen-bond donors (Lipinski definition) is 0. The minimum atomic E-state index is -3.89. The molecule has 4 heterocycles. The first-order chi connectivity index (χ1) is 19.7. The van der Waals surface area contributed by atoms with Crippen molar-refractivity contribution < 1.29 is 22.6 Å². The average molecular weight is 578 g/mol. The lowest BCUT2D eigenvalue weighted by Gasteiger charge is -2.22. The average Bonchev–Trinajstić information content (AvgIpc) is 3.52. The SMILES string of the molecule is COc1cccc(OC)c1-n1c(CS(=O)(=O)[C@@H](C)[C@H](OC)c2ncc(C)cn2)nnc1-c1c(C)nc2ccccn12. The van der Waals surface area contributed by atoms with Gasteiger partial charge in [0.15, 0.2) is 27.3 Å². The summed E-state index contributed by atoms with van der Waals surface area (Å²) in [4.78, 5) is 13.3. The van der Waals surface area contributed by atoms with E-state index in [9.17, 15) is 8.42 Å². The topological polar surface area (TPSA) is 136 Å². The Morgan fingerprint density at radius 1 is 0.927 bits per heavy atom. The Labute approximate surface area is 237 Å². The standard InChI is InChI=1S/C28H31N7O5S/c1-17-14-29-27(30-15-17)26(40-6)19(3)41(36,37)16-23-32-33-28(24-18(2)31-22-12-7-8-13-34(22)24)35(23)25-20(38-4)10-9-11-21(25)39-5/h7-15,19,26H,16H2,1-6H3/t19-,26-/m0/s1. The number of methoxy groups -OCH3 is 3. The van der Waals surface area contributed by atoms with Crippen molar-refractivity contribution in [1.29, 1.82) is 0 Å². The lowest BCUT2D eigenvalue weighted by atomic mass is 10.2. The number of sulfone groups is 1. The van der Waals surface area contributed by atoms with Crippen molar-refractivity contribution >= 4 is 15.5 Å². The molecule has 4 aromatic heterocycles. The summed E-state index contributed by atoms with van der Waals surface area (Å²) in [6.07, 6.45) is 4.23. The van der Waals surface area contributed by atoms with E-state index in [-0.39, 0.29) is 11.6 Å². The normalized spacial score (nSPS) is 13.3. The molecule has 2 atom stereocenters. The van der Waals surface area contributed by atoms with Crippen molar-refractivity contribution in [1.82, 2.24) is 34.1 Å². The van der Waals surface area contributed by atoms with Crippen LogP contribution in [-0.4, -0.2) is 69.1 Å². The molecule has 0 fully saturated rings. The van der Waals surface area contributed by atoms with E-state index in [2.05, 4.69) is 25.1 Å². The van der Waals surface area contributed by atoms with Gasteiger partial charge in [0.05, 0.1) is 25.2 Å².